The summed E-state index contributed by atoms with van der Waals surface area (Å²) in [5.74, 6) is 0. The fourth-order valence-corrected chi connectivity index (χ4v) is 2.52. The van der Waals surface area contributed by atoms with Crippen molar-refractivity contribution in [3.05, 3.63) is 0 Å². The van der Waals surface area contributed by atoms with E-state index in [1.807, 2.05) is 0 Å². The van der Waals surface area contributed by atoms with E-state index >= 15 is 0 Å². The highest BCUT2D eigenvalue weighted by atomic mass is 16.5. The molecule has 4 heteroatoms. The molecule has 0 unspecified atom stereocenters. The van der Waals surface area contributed by atoms with Crippen LogP contribution in [0.15, 0.2) is 0 Å². The normalized spacial score (nSPS) is 14.2. The van der Waals surface area contributed by atoms with Gasteiger partial charge in [-0.15, -0.1) is 0 Å². The van der Waals surface area contributed by atoms with Crippen molar-refractivity contribution in [1.29, 1.82) is 0 Å². The quantitative estimate of drug-likeness (QED) is 0.359. The molecule has 0 fully saturated rings. The lowest BCUT2D eigenvalue weighted by Crippen LogP contribution is -2.23. The van der Waals surface area contributed by atoms with E-state index in [1.54, 1.807) is 0 Å². The van der Waals surface area contributed by atoms with Crippen molar-refractivity contribution in [1.82, 2.24) is 0 Å². The number of ether oxygens (including phenoxy) is 1. The fraction of sp³-hybridized carbons (Fsp3) is 1.00. The summed E-state index contributed by atoms with van der Waals surface area (Å²) in [5, 5.41) is 27.4. The predicted molar refractivity (Wildman–Crippen MR) is 91.0 cm³/mol. The van der Waals surface area contributed by atoms with E-state index in [1.165, 1.54) is 64.2 Å². The molecule has 3 N–H and O–H groups in total. The Hall–Kier alpha value is -0.160. The van der Waals surface area contributed by atoms with Crippen molar-refractivity contribution in [3.8, 4) is 0 Å². The van der Waals surface area contributed by atoms with Crippen LogP contribution in [-0.2, 0) is 4.74 Å². The standard InChI is InChI=1S/C18H38O4/c1-2-3-4-5-6-7-8-9-10-11-12-13-17(20)15-22-16-18(21)14-19/h17-21H,2-16H2,1H3/t17-,18+/m1/s1. The van der Waals surface area contributed by atoms with Crippen molar-refractivity contribution in [2.24, 2.45) is 0 Å². The zero-order chi connectivity index (χ0) is 16.5. The van der Waals surface area contributed by atoms with Crippen molar-refractivity contribution in [2.75, 3.05) is 19.8 Å². The van der Waals surface area contributed by atoms with E-state index in [0.717, 1.165) is 12.8 Å². The van der Waals surface area contributed by atoms with E-state index in [9.17, 15) is 5.11 Å². The Morgan fingerprint density at radius 1 is 0.682 bits per heavy atom. The van der Waals surface area contributed by atoms with E-state index in [2.05, 4.69) is 6.92 Å². The molecule has 0 aliphatic carbocycles. The summed E-state index contributed by atoms with van der Waals surface area (Å²) in [4.78, 5) is 0. The van der Waals surface area contributed by atoms with Crippen molar-refractivity contribution in [3.63, 3.8) is 0 Å². The molecule has 0 aliphatic rings. The Labute approximate surface area is 136 Å². The Kier molecular flexibility index (Phi) is 17.1. The van der Waals surface area contributed by atoms with Gasteiger partial charge in [0.1, 0.15) is 6.10 Å². The second-order valence-corrected chi connectivity index (χ2v) is 6.35. The molecule has 22 heavy (non-hydrogen) atoms. The summed E-state index contributed by atoms with van der Waals surface area (Å²) in [6.45, 7) is 2.29. The van der Waals surface area contributed by atoms with Crippen LogP contribution in [0.4, 0.5) is 0 Å². The number of hydrogen-bond acceptors (Lipinski definition) is 4. The molecule has 0 rings (SSSR count). The molecule has 0 saturated carbocycles. The molecule has 0 aromatic carbocycles. The Balaban J connectivity index is 3.15. The minimum Gasteiger partial charge on any atom is -0.394 e. The fourth-order valence-electron chi connectivity index (χ4n) is 2.52. The van der Waals surface area contributed by atoms with Gasteiger partial charge in [0.25, 0.3) is 0 Å². The highest BCUT2D eigenvalue weighted by Gasteiger charge is 2.06. The minimum atomic E-state index is -0.839. The molecule has 0 aliphatic heterocycles. The largest absolute Gasteiger partial charge is 0.394 e. The van der Waals surface area contributed by atoms with Crippen LogP contribution in [0.2, 0.25) is 0 Å². The SMILES string of the molecule is CCCCCCCCCCCCC[C@@H](O)COC[C@@H](O)CO. The van der Waals surface area contributed by atoms with Gasteiger partial charge >= 0.3 is 0 Å². The summed E-state index contributed by atoms with van der Waals surface area (Å²) in [6, 6.07) is 0. The molecular formula is C18H38O4. The first-order valence-electron chi connectivity index (χ1n) is 9.25. The second-order valence-electron chi connectivity index (χ2n) is 6.35. The van der Waals surface area contributed by atoms with Gasteiger partial charge in [-0.1, -0.05) is 77.6 Å². The van der Waals surface area contributed by atoms with Crippen LogP contribution in [-0.4, -0.2) is 47.3 Å². The Morgan fingerprint density at radius 3 is 1.64 bits per heavy atom. The Morgan fingerprint density at radius 2 is 1.14 bits per heavy atom. The molecule has 0 amide bonds. The minimum absolute atomic E-state index is 0.0891. The van der Waals surface area contributed by atoms with Crippen molar-refractivity contribution in [2.45, 2.75) is 96.2 Å². The van der Waals surface area contributed by atoms with Crippen LogP contribution in [0.1, 0.15) is 84.0 Å². The number of aliphatic hydroxyl groups is 3. The highest BCUT2D eigenvalue weighted by Crippen LogP contribution is 2.12. The third-order valence-electron chi connectivity index (χ3n) is 3.97. The summed E-state index contributed by atoms with van der Waals surface area (Å²) >= 11 is 0. The average Bonchev–Trinajstić information content (AvgIpc) is 2.52. The maximum atomic E-state index is 9.71. The van der Waals surface area contributed by atoms with Gasteiger partial charge in [0.2, 0.25) is 0 Å². The van der Waals surface area contributed by atoms with Gasteiger partial charge in [0.05, 0.1) is 25.9 Å². The molecule has 0 heterocycles. The van der Waals surface area contributed by atoms with Crippen LogP contribution in [0.25, 0.3) is 0 Å². The molecule has 0 radical (unpaired) electrons. The van der Waals surface area contributed by atoms with Gasteiger partial charge in [0, 0.05) is 0 Å². The third kappa shape index (κ3) is 16.2. The summed E-state index contributed by atoms with van der Waals surface area (Å²) in [5.41, 5.74) is 0. The topological polar surface area (TPSA) is 69.9 Å². The van der Waals surface area contributed by atoms with E-state index in [4.69, 9.17) is 14.9 Å². The first-order valence-corrected chi connectivity index (χ1v) is 9.25. The zero-order valence-electron chi connectivity index (χ0n) is 14.5. The monoisotopic (exact) mass is 318 g/mol. The van der Waals surface area contributed by atoms with Crippen molar-refractivity contribution < 1.29 is 20.1 Å². The van der Waals surface area contributed by atoms with Gasteiger partial charge in [-0.3, -0.25) is 0 Å². The molecular weight excluding hydrogens is 280 g/mol. The van der Waals surface area contributed by atoms with Crippen LogP contribution in [0, 0.1) is 0 Å². The molecule has 2 atom stereocenters. The number of aliphatic hydroxyl groups excluding tert-OH is 3. The first-order chi connectivity index (χ1) is 10.7. The third-order valence-corrected chi connectivity index (χ3v) is 3.97. The first kappa shape index (κ1) is 21.8. The van der Waals surface area contributed by atoms with Crippen LogP contribution in [0.3, 0.4) is 0 Å². The van der Waals surface area contributed by atoms with E-state index in [-0.39, 0.29) is 19.8 Å². The maximum absolute atomic E-state index is 9.71. The number of hydrogen-bond donors (Lipinski definition) is 3. The van der Waals surface area contributed by atoms with Gasteiger partial charge in [-0.2, -0.15) is 0 Å². The lowest BCUT2D eigenvalue weighted by Gasteiger charge is -2.13. The average molecular weight is 318 g/mol. The van der Waals surface area contributed by atoms with Gasteiger partial charge in [0.15, 0.2) is 0 Å². The molecule has 0 bridgehead atoms. The molecule has 4 nitrogen and oxygen atoms in total. The highest BCUT2D eigenvalue weighted by molar-refractivity contribution is 4.57. The molecule has 0 spiro atoms. The predicted octanol–water partition coefficient (Wildman–Crippen LogP) is 3.42. The van der Waals surface area contributed by atoms with Gasteiger partial charge < -0.3 is 20.1 Å². The summed E-state index contributed by atoms with van der Waals surface area (Å²) < 4.78 is 5.14. The molecule has 134 valence electrons. The maximum Gasteiger partial charge on any atom is 0.100 e. The zero-order valence-corrected chi connectivity index (χ0v) is 14.5. The van der Waals surface area contributed by atoms with E-state index < -0.39 is 12.2 Å². The van der Waals surface area contributed by atoms with Crippen LogP contribution >= 0.6 is 0 Å². The Bertz CT molecular complexity index is 211. The summed E-state index contributed by atoms with van der Waals surface area (Å²) in [7, 11) is 0. The summed E-state index contributed by atoms with van der Waals surface area (Å²) in [6.07, 6.45) is 13.8. The lowest BCUT2D eigenvalue weighted by molar-refractivity contribution is -0.0262. The van der Waals surface area contributed by atoms with Crippen molar-refractivity contribution >= 4 is 0 Å². The van der Waals surface area contributed by atoms with E-state index in [0.29, 0.717) is 0 Å². The smallest absolute Gasteiger partial charge is 0.100 e. The second kappa shape index (κ2) is 17.2. The van der Waals surface area contributed by atoms with Crippen LogP contribution in [0.5, 0.6) is 0 Å². The van der Waals surface area contributed by atoms with Crippen LogP contribution < -0.4 is 0 Å². The molecule has 0 saturated heterocycles. The molecule has 0 aromatic heterocycles. The number of unbranched alkanes of at least 4 members (excludes halogenated alkanes) is 10. The lowest BCUT2D eigenvalue weighted by atomic mass is 10.0. The van der Waals surface area contributed by atoms with Gasteiger partial charge in [-0.25, -0.2) is 0 Å². The van der Waals surface area contributed by atoms with Gasteiger partial charge in [-0.05, 0) is 6.42 Å². The number of rotatable bonds is 17. The molecule has 0 aromatic rings.